The number of carbonyl (C=O) groups is 1. The van der Waals surface area contributed by atoms with Crippen molar-refractivity contribution in [3.05, 3.63) is 45.1 Å². The number of nitrogens with one attached hydrogen (secondary N) is 1. The molecule has 1 N–H and O–H groups in total. The molecule has 1 aliphatic rings. The lowest BCUT2D eigenvalue weighted by molar-refractivity contribution is -0.136. The molecule has 0 saturated carbocycles. The Hall–Kier alpha value is -1.30. The van der Waals surface area contributed by atoms with Crippen LogP contribution in [-0.2, 0) is 9.53 Å². The van der Waals surface area contributed by atoms with E-state index in [-0.39, 0.29) is 0 Å². The fourth-order valence-corrected chi connectivity index (χ4v) is 3.08. The van der Waals surface area contributed by atoms with Gasteiger partial charge in [-0.15, -0.1) is 0 Å². The molecule has 0 aliphatic carbocycles. The molecule has 1 aliphatic heterocycles. The van der Waals surface area contributed by atoms with Crippen molar-refractivity contribution in [3.63, 3.8) is 0 Å². The molecule has 0 aromatic heterocycles. The number of halogens is 2. The summed E-state index contributed by atoms with van der Waals surface area (Å²) in [6, 6.07) is 4.64. The number of allylic oxidation sites excluding steroid dienone is 1. The van der Waals surface area contributed by atoms with Crippen LogP contribution < -0.4 is 5.32 Å². The first-order valence-electron chi connectivity index (χ1n) is 6.15. The third kappa shape index (κ3) is 2.86. The minimum absolute atomic E-state index is 0.434. The van der Waals surface area contributed by atoms with Crippen molar-refractivity contribution in [3.8, 4) is 0 Å². The minimum atomic E-state index is -0.539. The van der Waals surface area contributed by atoms with Crippen molar-refractivity contribution in [2.24, 2.45) is 0 Å². The Morgan fingerprint density at radius 3 is 2.48 bits per heavy atom. The van der Waals surface area contributed by atoms with Crippen LogP contribution in [0.3, 0.4) is 0 Å². The number of methoxy groups -OCH3 is 1. The monoisotopic (exact) mass is 344 g/mol. The lowest BCUT2D eigenvalue weighted by Gasteiger charge is -2.35. The molecule has 7 heteroatoms. The fourth-order valence-electron chi connectivity index (χ4n) is 2.21. The molecular weight excluding hydrogens is 331 g/mol. The van der Waals surface area contributed by atoms with E-state index in [0.29, 0.717) is 32.0 Å². The summed E-state index contributed by atoms with van der Waals surface area (Å²) in [7, 11) is 3.11. The first-order valence-corrected chi connectivity index (χ1v) is 7.32. The van der Waals surface area contributed by atoms with Gasteiger partial charge in [-0.1, -0.05) is 29.3 Å². The van der Waals surface area contributed by atoms with Crippen LogP contribution in [0, 0.1) is 0 Å². The average molecular weight is 345 g/mol. The van der Waals surface area contributed by atoms with Crippen LogP contribution in [0.4, 0.5) is 0 Å². The zero-order chi connectivity index (χ0) is 15.7. The molecule has 2 rings (SSSR count). The van der Waals surface area contributed by atoms with Gasteiger partial charge in [0.25, 0.3) is 0 Å². The third-order valence-electron chi connectivity index (χ3n) is 3.45. The minimum Gasteiger partial charge on any atom is -0.466 e. The van der Waals surface area contributed by atoms with Gasteiger partial charge in [-0.3, -0.25) is 0 Å². The number of thiocarbonyl (C=S) groups is 1. The Morgan fingerprint density at radius 1 is 1.38 bits per heavy atom. The van der Waals surface area contributed by atoms with Gasteiger partial charge in [0.05, 0.1) is 18.7 Å². The van der Waals surface area contributed by atoms with Gasteiger partial charge in [-0.25, -0.2) is 4.79 Å². The highest BCUT2D eigenvalue weighted by Crippen LogP contribution is 2.38. The van der Waals surface area contributed by atoms with E-state index in [2.05, 4.69) is 5.32 Å². The van der Waals surface area contributed by atoms with Crippen molar-refractivity contribution in [1.29, 1.82) is 0 Å². The molecule has 0 unspecified atom stereocenters. The highest BCUT2D eigenvalue weighted by Gasteiger charge is 2.35. The van der Waals surface area contributed by atoms with Crippen LogP contribution in [0.1, 0.15) is 18.5 Å². The lowest BCUT2D eigenvalue weighted by Crippen LogP contribution is -2.46. The molecule has 112 valence electrons. The van der Waals surface area contributed by atoms with Gasteiger partial charge in [0.2, 0.25) is 0 Å². The van der Waals surface area contributed by atoms with Crippen LogP contribution in [0.5, 0.6) is 0 Å². The van der Waals surface area contributed by atoms with Crippen molar-refractivity contribution in [1.82, 2.24) is 10.2 Å². The van der Waals surface area contributed by atoms with Crippen molar-refractivity contribution in [2.45, 2.75) is 13.0 Å². The number of benzene rings is 1. The molecular formula is C14H14Cl2N2O2S. The van der Waals surface area contributed by atoms with E-state index in [1.165, 1.54) is 7.11 Å². The SMILES string of the molecule is COC(=O)C1=C(C)N(C)C(=S)N[C@@H]1c1c(Cl)cccc1Cl. The predicted octanol–water partition coefficient (Wildman–Crippen LogP) is 3.30. The van der Waals surface area contributed by atoms with E-state index in [0.717, 1.165) is 0 Å². The van der Waals surface area contributed by atoms with Gasteiger partial charge in [-0.2, -0.15) is 0 Å². The maximum Gasteiger partial charge on any atom is 0.337 e. The van der Waals surface area contributed by atoms with E-state index in [1.807, 2.05) is 0 Å². The molecule has 1 heterocycles. The van der Waals surface area contributed by atoms with E-state index in [1.54, 1.807) is 37.1 Å². The average Bonchev–Trinajstić information content (AvgIpc) is 2.44. The number of rotatable bonds is 2. The van der Waals surface area contributed by atoms with Gasteiger partial charge >= 0.3 is 5.97 Å². The van der Waals surface area contributed by atoms with Gasteiger partial charge in [0, 0.05) is 28.4 Å². The Morgan fingerprint density at radius 2 is 1.95 bits per heavy atom. The molecule has 0 radical (unpaired) electrons. The maximum absolute atomic E-state index is 12.2. The van der Waals surface area contributed by atoms with Crippen LogP contribution >= 0.6 is 35.4 Å². The molecule has 0 fully saturated rings. The topological polar surface area (TPSA) is 41.6 Å². The molecule has 1 aromatic carbocycles. The molecule has 0 amide bonds. The van der Waals surface area contributed by atoms with E-state index < -0.39 is 12.0 Å². The smallest absolute Gasteiger partial charge is 0.337 e. The quantitative estimate of drug-likeness (QED) is 0.658. The number of ether oxygens (including phenoxy) is 1. The van der Waals surface area contributed by atoms with Gasteiger partial charge in [-0.05, 0) is 31.3 Å². The molecule has 0 bridgehead atoms. The third-order valence-corrected chi connectivity index (χ3v) is 4.50. The summed E-state index contributed by atoms with van der Waals surface area (Å²) in [6.45, 7) is 1.80. The molecule has 21 heavy (non-hydrogen) atoms. The maximum atomic E-state index is 12.2. The van der Waals surface area contributed by atoms with Crippen LogP contribution in [0.15, 0.2) is 29.5 Å². The van der Waals surface area contributed by atoms with Crippen LogP contribution in [0.2, 0.25) is 10.0 Å². The Labute approximate surface area is 138 Å². The fraction of sp³-hybridized carbons (Fsp3) is 0.286. The summed E-state index contributed by atoms with van der Waals surface area (Å²) in [4.78, 5) is 13.9. The van der Waals surface area contributed by atoms with E-state index in [4.69, 9.17) is 40.2 Å². The Balaban J connectivity index is 2.65. The summed E-state index contributed by atoms with van der Waals surface area (Å²) in [6.07, 6.45) is 0. The summed E-state index contributed by atoms with van der Waals surface area (Å²) < 4.78 is 4.88. The zero-order valence-electron chi connectivity index (χ0n) is 11.7. The molecule has 1 atom stereocenters. The largest absolute Gasteiger partial charge is 0.466 e. The summed E-state index contributed by atoms with van der Waals surface area (Å²) in [5.41, 5.74) is 1.74. The van der Waals surface area contributed by atoms with Crippen molar-refractivity contribution >= 4 is 46.5 Å². The second-order valence-electron chi connectivity index (χ2n) is 4.57. The zero-order valence-corrected chi connectivity index (χ0v) is 14.1. The first kappa shape index (κ1) is 16.1. The second-order valence-corrected chi connectivity index (χ2v) is 5.77. The highest BCUT2D eigenvalue weighted by molar-refractivity contribution is 7.80. The van der Waals surface area contributed by atoms with Crippen LogP contribution in [-0.4, -0.2) is 30.1 Å². The molecule has 0 saturated heterocycles. The van der Waals surface area contributed by atoms with E-state index in [9.17, 15) is 4.79 Å². The van der Waals surface area contributed by atoms with Gasteiger partial charge in [0.15, 0.2) is 5.11 Å². The number of esters is 1. The standard InChI is InChI=1S/C14H14Cl2N2O2S/c1-7-10(13(19)20-3)12(17-14(21)18(7)2)11-8(15)5-4-6-9(11)16/h4-6,12H,1-3H3,(H,17,21)/t12-/m0/s1. The number of hydrogen-bond acceptors (Lipinski definition) is 3. The number of nitrogens with zero attached hydrogens (tertiary/aromatic N) is 1. The predicted molar refractivity (Wildman–Crippen MR) is 87.4 cm³/mol. The number of hydrogen-bond donors (Lipinski definition) is 1. The Kier molecular flexibility index (Phi) is 4.76. The first-order chi connectivity index (χ1) is 9.88. The molecule has 0 spiro atoms. The van der Waals surface area contributed by atoms with Crippen LogP contribution in [0.25, 0.3) is 0 Å². The summed E-state index contributed by atoms with van der Waals surface area (Å²) in [5, 5.41) is 4.50. The summed E-state index contributed by atoms with van der Waals surface area (Å²) >= 11 is 17.8. The highest BCUT2D eigenvalue weighted by atomic mass is 35.5. The molecule has 4 nitrogen and oxygen atoms in total. The molecule has 1 aromatic rings. The van der Waals surface area contributed by atoms with Gasteiger partial charge < -0.3 is 15.0 Å². The van der Waals surface area contributed by atoms with E-state index >= 15 is 0 Å². The summed E-state index contributed by atoms with van der Waals surface area (Å²) in [5.74, 6) is -0.449. The van der Waals surface area contributed by atoms with Crippen molar-refractivity contribution in [2.75, 3.05) is 14.2 Å². The van der Waals surface area contributed by atoms with Crippen molar-refractivity contribution < 1.29 is 9.53 Å². The lowest BCUT2D eigenvalue weighted by atomic mass is 9.95. The second kappa shape index (κ2) is 6.22. The normalized spacial score (nSPS) is 18.6. The number of carbonyl (C=O) groups excluding carboxylic acids is 1. The Bertz CT molecular complexity index is 626. The van der Waals surface area contributed by atoms with Gasteiger partial charge in [0.1, 0.15) is 0 Å².